The Bertz CT molecular complexity index is 996. The zero-order valence-corrected chi connectivity index (χ0v) is 16.0. The van der Waals surface area contributed by atoms with Gasteiger partial charge >= 0.3 is 0 Å². The Morgan fingerprint density at radius 2 is 1.76 bits per heavy atom. The minimum atomic E-state index is -0.283. The summed E-state index contributed by atoms with van der Waals surface area (Å²) in [6, 6.07) is 14.3. The maximum atomic E-state index is 12.6. The fraction of sp³-hybridized carbons (Fsp3) is 0.238. The summed E-state index contributed by atoms with van der Waals surface area (Å²) in [5.74, 6) is 0.427. The van der Waals surface area contributed by atoms with Crippen LogP contribution < -0.4 is 10.2 Å². The molecule has 0 atom stereocenters. The van der Waals surface area contributed by atoms with Crippen LogP contribution in [0.2, 0.25) is 0 Å². The van der Waals surface area contributed by atoms with Crippen LogP contribution >= 0.6 is 0 Å². The van der Waals surface area contributed by atoms with Gasteiger partial charge in [0.25, 0.3) is 11.8 Å². The molecule has 1 saturated heterocycles. The molecular weight excluding hydrogens is 370 g/mol. The van der Waals surface area contributed by atoms with Gasteiger partial charge in [-0.25, -0.2) is 9.97 Å². The summed E-state index contributed by atoms with van der Waals surface area (Å²) in [7, 11) is 0. The maximum Gasteiger partial charge on any atom is 0.289 e. The molecule has 148 valence electrons. The van der Waals surface area contributed by atoms with Crippen molar-refractivity contribution in [1.29, 1.82) is 0 Å². The lowest BCUT2D eigenvalue weighted by atomic mass is 10.2. The number of anilines is 2. The summed E-state index contributed by atoms with van der Waals surface area (Å²) in [4.78, 5) is 37.7. The van der Waals surface area contributed by atoms with Gasteiger partial charge in [0.2, 0.25) is 5.95 Å². The Hall–Kier alpha value is -3.68. The van der Waals surface area contributed by atoms with E-state index in [2.05, 4.69) is 15.3 Å². The highest BCUT2D eigenvalue weighted by Gasteiger charge is 2.25. The van der Waals surface area contributed by atoms with Crippen molar-refractivity contribution in [2.24, 2.45) is 0 Å². The number of aromatic nitrogens is 2. The minimum Gasteiger partial charge on any atom is -0.459 e. The maximum absolute atomic E-state index is 12.6. The highest BCUT2D eigenvalue weighted by Crippen LogP contribution is 2.16. The number of carbonyl (C=O) groups is 2. The van der Waals surface area contributed by atoms with Crippen LogP contribution in [0.5, 0.6) is 0 Å². The van der Waals surface area contributed by atoms with Crippen LogP contribution in [0.4, 0.5) is 11.6 Å². The standard InChI is InChI=1S/C21H21N5O3/c1-15-14-17(19(27)23-16-6-3-2-4-7-16)24-21(22-15)26-11-9-25(10-12-26)20(28)18-8-5-13-29-18/h2-8,13-14H,9-12H2,1H3,(H,23,27). The Balaban J connectivity index is 1.44. The monoisotopic (exact) mass is 391 g/mol. The van der Waals surface area contributed by atoms with Crippen LogP contribution in [0, 0.1) is 6.92 Å². The van der Waals surface area contributed by atoms with E-state index in [-0.39, 0.29) is 11.8 Å². The summed E-state index contributed by atoms with van der Waals surface area (Å²) in [5.41, 5.74) is 1.73. The quantitative estimate of drug-likeness (QED) is 0.735. The van der Waals surface area contributed by atoms with Crippen molar-refractivity contribution in [2.45, 2.75) is 6.92 Å². The zero-order chi connectivity index (χ0) is 20.2. The molecule has 0 bridgehead atoms. The Labute approximate surface area is 168 Å². The van der Waals surface area contributed by atoms with Crippen molar-refractivity contribution in [3.8, 4) is 0 Å². The van der Waals surface area contributed by atoms with Gasteiger partial charge in [0.05, 0.1) is 6.26 Å². The molecule has 4 rings (SSSR count). The zero-order valence-electron chi connectivity index (χ0n) is 16.0. The molecule has 1 aromatic carbocycles. The molecule has 0 spiro atoms. The van der Waals surface area contributed by atoms with Gasteiger partial charge in [-0.05, 0) is 37.3 Å². The molecule has 3 aromatic rings. The lowest BCUT2D eigenvalue weighted by molar-refractivity contribution is 0.0714. The molecule has 8 nitrogen and oxygen atoms in total. The van der Waals surface area contributed by atoms with Gasteiger partial charge in [-0.3, -0.25) is 9.59 Å². The smallest absolute Gasteiger partial charge is 0.289 e. The molecule has 0 saturated carbocycles. The minimum absolute atomic E-state index is 0.122. The summed E-state index contributed by atoms with van der Waals surface area (Å²) in [6.45, 7) is 4.05. The van der Waals surface area contributed by atoms with Gasteiger partial charge in [0.15, 0.2) is 5.76 Å². The van der Waals surface area contributed by atoms with E-state index < -0.39 is 0 Å². The topological polar surface area (TPSA) is 91.6 Å². The highest BCUT2D eigenvalue weighted by molar-refractivity contribution is 6.03. The number of piperazine rings is 1. The number of nitrogens with one attached hydrogen (secondary N) is 1. The number of nitrogens with zero attached hydrogens (tertiary/aromatic N) is 4. The van der Waals surface area contributed by atoms with E-state index in [0.717, 1.165) is 0 Å². The van der Waals surface area contributed by atoms with Gasteiger partial charge in [0.1, 0.15) is 5.69 Å². The number of hydrogen-bond donors (Lipinski definition) is 1. The second-order valence-electron chi connectivity index (χ2n) is 6.77. The predicted octanol–water partition coefficient (Wildman–Crippen LogP) is 2.59. The summed E-state index contributed by atoms with van der Waals surface area (Å²) in [5, 5.41) is 2.84. The van der Waals surface area contributed by atoms with Crippen LogP contribution in [0.3, 0.4) is 0 Å². The molecule has 1 N–H and O–H groups in total. The first kappa shape index (κ1) is 18.7. The SMILES string of the molecule is Cc1cc(C(=O)Nc2ccccc2)nc(N2CCN(C(=O)c3ccco3)CC2)n1. The van der Waals surface area contributed by atoms with Crippen LogP contribution in [-0.2, 0) is 0 Å². The largest absolute Gasteiger partial charge is 0.459 e. The normalized spacial score (nSPS) is 14.0. The third-order valence-corrected chi connectivity index (χ3v) is 4.69. The van der Waals surface area contributed by atoms with E-state index in [0.29, 0.717) is 55.0 Å². The molecule has 29 heavy (non-hydrogen) atoms. The van der Waals surface area contributed by atoms with Gasteiger partial charge < -0.3 is 19.5 Å². The average Bonchev–Trinajstić information content (AvgIpc) is 3.28. The first-order chi connectivity index (χ1) is 14.1. The van der Waals surface area contributed by atoms with Gasteiger partial charge in [-0.15, -0.1) is 0 Å². The molecule has 1 aliphatic rings. The molecule has 3 heterocycles. The summed E-state index contributed by atoms with van der Waals surface area (Å²) < 4.78 is 5.19. The molecule has 0 radical (unpaired) electrons. The van der Waals surface area contributed by atoms with Crippen LogP contribution in [-0.4, -0.2) is 52.9 Å². The van der Waals surface area contributed by atoms with Crippen molar-refractivity contribution in [3.05, 3.63) is 71.9 Å². The molecule has 8 heteroatoms. The van der Waals surface area contributed by atoms with E-state index in [1.54, 1.807) is 23.1 Å². The lowest BCUT2D eigenvalue weighted by Gasteiger charge is -2.34. The van der Waals surface area contributed by atoms with Crippen molar-refractivity contribution in [3.63, 3.8) is 0 Å². The molecule has 1 aliphatic heterocycles. The number of rotatable bonds is 4. The number of amides is 2. The summed E-state index contributed by atoms with van der Waals surface area (Å²) in [6.07, 6.45) is 1.49. The van der Waals surface area contributed by atoms with E-state index in [9.17, 15) is 9.59 Å². The van der Waals surface area contributed by atoms with Gasteiger partial charge in [0, 0.05) is 37.6 Å². The third-order valence-electron chi connectivity index (χ3n) is 4.69. The van der Waals surface area contributed by atoms with E-state index in [1.165, 1.54) is 6.26 Å². The molecule has 2 amide bonds. The van der Waals surface area contributed by atoms with Crippen molar-refractivity contribution in [1.82, 2.24) is 14.9 Å². The molecule has 0 unspecified atom stereocenters. The molecule has 0 aliphatic carbocycles. The van der Waals surface area contributed by atoms with Gasteiger partial charge in [-0.1, -0.05) is 18.2 Å². The Morgan fingerprint density at radius 3 is 2.45 bits per heavy atom. The summed E-state index contributed by atoms with van der Waals surface area (Å²) >= 11 is 0. The number of carbonyl (C=O) groups excluding carboxylic acids is 2. The second-order valence-corrected chi connectivity index (χ2v) is 6.77. The third kappa shape index (κ3) is 4.26. The van der Waals surface area contributed by atoms with Crippen molar-refractivity contribution < 1.29 is 14.0 Å². The average molecular weight is 391 g/mol. The second kappa shape index (κ2) is 8.14. The van der Waals surface area contributed by atoms with Crippen molar-refractivity contribution in [2.75, 3.05) is 36.4 Å². The number of aryl methyl sites for hydroxylation is 1. The fourth-order valence-corrected chi connectivity index (χ4v) is 3.19. The molecule has 2 aromatic heterocycles. The fourth-order valence-electron chi connectivity index (χ4n) is 3.19. The lowest BCUT2D eigenvalue weighted by Crippen LogP contribution is -2.49. The number of para-hydroxylation sites is 1. The predicted molar refractivity (Wildman–Crippen MR) is 108 cm³/mol. The van der Waals surface area contributed by atoms with Crippen LogP contribution in [0.25, 0.3) is 0 Å². The Kier molecular flexibility index (Phi) is 5.24. The number of furan rings is 1. The van der Waals surface area contributed by atoms with Crippen molar-refractivity contribution >= 4 is 23.5 Å². The first-order valence-corrected chi connectivity index (χ1v) is 9.40. The first-order valence-electron chi connectivity index (χ1n) is 9.40. The Morgan fingerprint density at radius 1 is 1.00 bits per heavy atom. The van der Waals surface area contributed by atoms with Crippen LogP contribution in [0.1, 0.15) is 26.7 Å². The molecular formula is C21H21N5O3. The number of hydrogen-bond acceptors (Lipinski definition) is 6. The van der Waals surface area contributed by atoms with E-state index in [4.69, 9.17) is 4.42 Å². The van der Waals surface area contributed by atoms with E-state index >= 15 is 0 Å². The van der Waals surface area contributed by atoms with E-state index in [1.807, 2.05) is 42.2 Å². The van der Waals surface area contributed by atoms with Gasteiger partial charge in [-0.2, -0.15) is 0 Å². The highest BCUT2D eigenvalue weighted by atomic mass is 16.3. The molecule has 1 fully saturated rings. The number of benzene rings is 1. The van der Waals surface area contributed by atoms with Crippen LogP contribution in [0.15, 0.2) is 59.2 Å².